The zero-order valence-corrected chi connectivity index (χ0v) is 12.4. The van der Waals surface area contributed by atoms with Crippen LogP contribution in [0, 0.1) is 0 Å². The van der Waals surface area contributed by atoms with Gasteiger partial charge in [0, 0.05) is 32.3 Å². The largest absolute Gasteiger partial charge is 0.356 e. The molecule has 1 amide bonds. The number of nitrogens with zero attached hydrogens (tertiary/aromatic N) is 4. The summed E-state index contributed by atoms with van der Waals surface area (Å²) in [5, 5.41) is 5.29. The van der Waals surface area contributed by atoms with Crippen LogP contribution < -0.4 is 15.8 Å². The average molecular weight is 302 g/mol. The fourth-order valence-corrected chi connectivity index (χ4v) is 2.57. The Bertz CT molecular complexity index is 729. The molecule has 3 heterocycles. The third kappa shape index (κ3) is 2.85. The Labute approximate surface area is 127 Å². The van der Waals surface area contributed by atoms with E-state index in [0.29, 0.717) is 5.82 Å². The summed E-state index contributed by atoms with van der Waals surface area (Å²) in [7, 11) is 0. The summed E-state index contributed by atoms with van der Waals surface area (Å²) in [6.45, 7) is 3.29. The molecular formula is C14H18N6O2. The van der Waals surface area contributed by atoms with E-state index >= 15 is 0 Å². The van der Waals surface area contributed by atoms with Crippen molar-refractivity contribution in [1.29, 1.82) is 0 Å². The molecule has 8 heteroatoms. The van der Waals surface area contributed by atoms with Crippen LogP contribution in [0.5, 0.6) is 0 Å². The molecular weight excluding hydrogens is 284 g/mol. The SMILES string of the molecule is CC(=O)Nc1c[nH]n(-c2cc(N3CCCCC3)ncn2)c1=O. The minimum Gasteiger partial charge on any atom is -0.356 e. The van der Waals surface area contributed by atoms with Gasteiger partial charge in [-0.3, -0.25) is 14.7 Å². The van der Waals surface area contributed by atoms with Crippen LogP contribution in [0.4, 0.5) is 11.5 Å². The Balaban J connectivity index is 1.90. The second-order valence-corrected chi connectivity index (χ2v) is 5.29. The maximum absolute atomic E-state index is 12.2. The van der Waals surface area contributed by atoms with Gasteiger partial charge >= 0.3 is 0 Å². The van der Waals surface area contributed by atoms with Crippen LogP contribution in [0.25, 0.3) is 5.82 Å². The van der Waals surface area contributed by atoms with Gasteiger partial charge in [-0.15, -0.1) is 0 Å². The molecule has 2 aromatic heterocycles. The molecule has 0 atom stereocenters. The minimum atomic E-state index is -0.349. The summed E-state index contributed by atoms with van der Waals surface area (Å²) in [5.74, 6) is 0.976. The lowest BCUT2D eigenvalue weighted by molar-refractivity contribution is -0.114. The van der Waals surface area contributed by atoms with E-state index in [1.807, 2.05) is 0 Å². The van der Waals surface area contributed by atoms with Crippen LogP contribution in [-0.4, -0.2) is 38.7 Å². The molecule has 116 valence electrons. The van der Waals surface area contributed by atoms with Gasteiger partial charge in [-0.1, -0.05) is 0 Å². The number of hydrogen-bond acceptors (Lipinski definition) is 5. The van der Waals surface area contributed by atoms with Gasteiger partial charge in [0.2, 0.25) is 5.91 Å². The first kappa shape index (κ1) is 14.3. The predicted octanol–water partition coefficient (Wildman–Crippen LogP) is 0.904. The molecule has 0 bridgehead atoms. The van der Waals surface area contributed by atoms with Gasteiger partial charge in [-0.2, -0.15) is 4.68 Å². The monoisotopic (exact) mass is 302 g/mol. The molecule has 1 saturated heterocycles. The van der Waals surface area contributed by atoms with Crippen molar-refractivity contribution in [2.75, 3.05) is 23.3 Å². The lowest BCUT2D eigenvalue weighted by Gasteiger charge is -2.27. The first-order valence-corrected chi connectivity index (χ1v) is 7.30. The molecule has 0 saturated carbocycles. The molecule has 1 aliphatic heterocycles. The zero-order chi connectivity index (χ0) is 15.5. The van der Waals surface area contributed by atoms with E-state index in [1.54, 1.807) is 6.07 Å². The highest BCUT2D eigenvalue weighted by Crippen LogP contribution is 2.18. The van der Waals surface area contributed by atoms with E-state index in [2.05, 4.69) is 25.3 Å². The van der Waals surface area contributed by atoms with E-state index in [4.69, 9.17) is 0 Å². The second kappa shape index (κ2) is 6.00. The number of aromatic nitrogens is 4. The standard InChI is InChI=1S/C14H18N6O2/c1-10(21)18-11-8-17-20(14(11)22)13-7-12(15-9-16-13)19-5-3-2-4-6-19/h7-9,17H,2-6H2,1H3,(H,18,21). The fraction of sp³-hybridized carbons (Fsp3) is 0.429. The molecule has 22 heavy (non-hydrogen) atoms. The Morgan fingerprint density at radius 3 is 2.68 bits per heavy atom. The van der Waals surface area contributed by atoms with Gasteiger partial charge in [-0.05, 0) is 19.3 Å². The fourth-order valence-electron chi connectivity index (χ4n) is 2.57. The lowest BCUT2D eigenvalue weighted by atomic mass is 10.1. The third-order valence-electron chi connectivity index (χ3n) is 3.63. The highest BCUT2D eigenvalue weighted by molar-refractivity contribution is 5.88. The molecule has 2 N–H and O–H groups in total. The van der Waals surface area contributed by atoms with Crippen LogP contribution in [-0.2, 0) is 4.79 Å². The van der Waals surface area contributed by atoms with Crippen molar-refractivity contribution < 1.29 is 4.79 Å². The average Bonchev–Trinajstić information content (AvgIpc) is 2.89. The Hall–Kier alpha value is -2.64. The van der Waals surface area contributed by atoms with Gasteiger partial charge in [0.05, 0.1) is 0 Å². The maximum Gasteiger partial charge on any atom is 0.296 e. The number of anilines is 2. The van der Waals surface area contributed by atoms with Gasteiger partial charge in [0.1, 0.15) is 17.8 Å². The Morgan fingerprint density at radius 1 is 1.23 bits per heavy atom. The normalized spacial score (nSPS) is 14.9. The van der Waals surface area contributed by atoms with E-state index in [9.17, 15) is 9.59 Å². The number of H-pyrrole nitrogens is 1. The minimum absolute atomic E-state index is 0.200. The van der Waals surface area contributed by atoms with Gasteiger partial charge in [0.25, 0.3) is 5.56 Å². The first-order chi connectivity index (χ1) is 10.6. The molecule has 0 aliphatic carbocycles. The molecule has 0 aromatic carbocycles. The van der Waals surface area contributed by atoms with Crippen molar-refractivity contribution in [3.63, 3.8) is 0 Å². The zero-order valence-electron chi connectivity index (χ0n) is 12.4. The highest BCUT2D eigenvalue weighted by atomic mass is 16.2. The van der Waals surface area contributed by atoms with E-state index in [1.165, 1.54) is 30.6 Å². The van der Waals surface area contributed by atoms with Crippen molar-refractivity contribution >= 4 is 17.4 Å². The van der Waals surface area contributed by atoms with Crippen molar-refractivity contribution in [3.8, 4) is 5.82 Å². The van der Waals surface area contributed by atoms with Crippen molar-refractivity contribution in [1.82, 2.24) is 19.7 Å². The number of aromatic amines is 1. The number of carbonyl (C=O) groups excluding carboxylic acids is 1. The molecule has 1 aliphatic rings. The Kier molecular flexibility index (Phi) is 3.90. The smallest absolute Gasteiger partial charge is 0.296 e. The third-order valence-corrected chi connectivity index (χ3v) is 3.63. The molecule has 0 unspecified atom stereocenters. The summed E-state index contributed by atoms with van der Waals surface area (Å²) in [6.07, 6.45) is 6.44. The summed E-state index contributed by atoms with van der Waals surface area (Å²) < 4.78 is 1.29. The Morgan fingerprint density at radius 2 is 1.95 bits per heavy atom. The quantitative estimate of drug-likeness (QED) is 0.878. The molecule has 1 fully saturated rings. The topological polar surface area (TPSA) is 95.9 Å². The molecule has 3 rings (SSSR count). The number of carbonyl (C=O) groups is 1. The van der Waals surface area contributed by atoms with Crippen LogP contribution in [0.15, 0.2) is 23.4 Å². The van der Waals surface area contributed by atoms with Crippen molar-refractivity contribution in [2.45, 2.75) is 26.2 Å². The van der Waals surface area contributed by atoms with Crippen molar-refractivity contribution in [2.24, 2.45) is 0 Å². The molecule has 0 spiro atoms. The van der Waals surface area contributed by atoms with Gasteiger partial charge < -0.3 is 10.2 Å². The summed E-state index contributed by atoms with van der Waals surface area (Å²) in [4.78, 5) is 33.9. The summed E-state index contributed by atoms with van der Waals surface area (Å²) in [5.41, 5.74) is -0.149. The van der Waals surface area contributed by atoms with Crippen LogP contribution in [0.3, 0.4) is 0 Å². The van der Waals surface area contributed by atoms with E-state index in [-0.39, 0.29) is 17.2 Å². The summed E-state index contributed by atoms with van der Waals surface area (Å²) in [6, 6.07) is 1.78. The molecule has 2 aromatic rings. The maximum atomic E-state index is 12.2. The van der Waals surface area contributed by atoms with Gasteiger partial charge in [-0.25, -0.2) is 9.97 Å². The highest BCUT2D eigenvalue weighted by Gasteiger charge is 2.15. The summed E-state index contributed by atoms with van der Waals surface area (Å²) >= 11 is 0. The van der Waals surface area contributed by atoms with E-state index in [0.717, 1.165) is 31.7 Å². The van der Waals surface area contributed by atoms with Gasteiger partial charge in [0.15, 0.2) is 5.82 Å². The van der Waals surface area contributed by atoms with Crippen LogP contribution in [0.2, 0.25) is 0 Å². The van der Waals surface area contributed by atoms with Crippen LogP contribution >= 0.6 is 0 Å². The first-order valence-electron chi connectivity index (χ1n) is 7.30. The number of nitrogens with one attached hydrogen (secondary N) is 2. The number of piperidine rings is 1. The van der Waals surface area contributed by atoms with Crippen molar-refractivity contribution in [3.05, 3.63) is 28.9 Å². The second-order valence-electron chi connectivity index (χ2n) is 5.29. The molecule has 0 radical (unpaired) electrons. The van der Waals surface area contributed by atoms with E-state index < -0.39 is 0 Å². The number of amides is 1. The number of hydrogen-bond donors (Lipinski definition) is 2. The van der Waals surface area contributed by atoms with Crippen LogP contribution in [0.1, 0.15) is 26.2 Å². The lowest BCUT2D eigenvalue weighted by Crippen LogP contribution is -2.30. The predicted molar refractivity (Wildman–Crippen MR) is 82.3 cm³/mol. The number of rotatable bonds is 3. The molecule has 8 nitrogen and oxygen atoms in total.